The quantitative estimate of drug-likeness (QED) is 0.777. The molecule has 1 aromatic carbocycles. The second-order valence-electron chi connectivity index (χ2n) is 6.04. The number of rotatable bonds is 5. The highest BCUT2D eigenvalue weighted by Gasteiger charge is 2.35. The number of hydrogen-bond donors (Lipinski definition) is 0. The molecule has 0 atom stereocenters. The van der Waals surface area contributed by atoms with Crippen LogP contribution in [0, 0.1) is 5.92 Å². The summed E-state index contributed by atoms with van der Waals surface area (Å²) in [6.07, 6.45) is 6.08. The Balaban J connectivity index is 1.80. The molecule has 0 amide bonds. The summed E-state index contributed by atoms with van der Waals surface area (Å²) >= 11 is 0. The van der Waals surface area contributed by atoms with Crippen molar-refractivity contribution in [3.8, 4) is 0 Å². The van der Waals surface area contributed by atoms with E-state index in [2.05, 4.69) is 4.90 Å². The molecule has 1 aromatic heterocycles. The standard InChI is InChI=1S/C17H18N2O/c20-11-14-9-13-3-1-2-4-16(13)18-17(14)19(15-7-8-15)10-12-5-6-12/h1-4,9,11-12,15H,5-8,10H2. The third kappa shape index (κ3) is 2.17. The van der Waals surface area contributed by atoms with Gasteiger partial charge in [-0.3, -0.25) is 4.79 Å². The number of nitrogens with zero attached hydrogens (tertiary/aromatic N) is 2. The van der Waals surface area contributed by atoms with Crippen LogP contribution in [-0.2, 0) is 0 Å². The molecule has 3 heteroatoms. The van der Waals surface area contributed by atoms with Crippen molar-refractivity contribution in [1.82, 2.24) is 4.98 Å². The summed E-state index contributed by atoms with van der Waals surface area (Å²) in [5.74, 6) is 1.71. The number of anilines is 1. The molecular weight excluding hydrogens is 248 g/mol. The molecule has 2 aliphatic carbocycles. The summed E-state index contributed by atoms with van der Waals surface area (Å²) in [5, 5.41) is 1.04. The Morgan fingerprint density at radius 2 is 2.00 bits per heavy atom. The van der Waals surface area contributed by atoms with Crippen molar-refractivity contribution >= 4 is 23.0 Å². The Hall–Kier alpha value is -1.90. The lowest BCUT2D eigenvalue weighted by molar-refractivity contribution is 0.112. The number of aldehydes is 1. The van der Waals surface area contributed by atoms with Gasteiger partial charge in [0, 0.05) is 18.0 Å². The first kappa shape index (κ1) is 11.9. The van der Waals surface area contributed by atoms with Crippen LogP contribution in [0.3, 0.4) is 0 Å². The molecule has 0 unspecified atom stereocenters. The Bertz CT molecular complexity index is 659. The van der Waals surface area contributed by atoms with Crippen molar-refractivity contribution in [1.29, 1.82) is 0 Å². The molecule has 0 N–H and O–H groups in total. The second-order valence-corrected chi connectivity index (χ2v) is 6.04. The van der Waals surface area contributed by atoms with Crippen molar-refractivity contribution in [2.24, 2.45) is 5.92 Å². The van der Waals surface area contributed by atoms with Gasteiger partial charge in [-0.1, -0.05) is 18.2 Å². The summed E-state index contributed by atoms with van der Waals surface area (Å²) in [7, 11) is 0. The van der Waals surface area contributed by atoms with Crippen molar-refractivity contribution in [3.63, 3.8) is 0 Å². The lowest BCUT2D eigenvalue weighted by Gasteiger charge is -2.25. The minimum Gasteiger partial charge on any atom is -0.353 e. The number of benzene rings is 1. The molecule has 2 fully saturated rings. The maximum absolute atomic E-state index is 11.5. The average molecular weight is 266 g/mol. The van der Waals surface area contributed by atoms with E-state index in [9.17, 15) is 4.79 Å². The fourth-order valence-corrected chi connectivity index (χ4v) is 2.81. The van der Waals surface area contributed by atoms with Gasteiger partial charge in [0.05, 0.1) is 11.1 Å². The zero-order valence-corrected chi connectivity index (χ0v) is 11.5. The zero-order valence-electron chi connectivity index (χ0n) is 11.5. The minimum atomic E-state index is 0.600. The van der Waals surface area contributed by atoms with E-state index >= 15 is 0 Å². The van der Waals surface area contributed by atoms with Gasteiger partial charge in [0.15, 0.2) is 6.29 Å². The van der Waals surface area contributed by atoms with Crippen LogP contribution in [0.2, 0.25) is 0 Å². The van der Waals surface area contributed by atoms with Crippen LogP contribution in [0.5, 0.6) is 0 Å². The Morgan fingerprint density at radius 1 is 1.20 bits per heavy atom. The maximum Gasteiger partial charge on any atom is 0.153 e. The molecular formula is C17H18N2O. The van der Waals surface area contributed by atoms with Crippen molar-refractivity contribution < 1.29 is 4.79 Å². The largest absolute Gasteiger partial charge is 0.353 e. The number of hydrogen-bond acceptors (Lipinski definition) is 3. The van der Waals surface area contributed by atoms with E-state index in [0.717, 1.165) is 41.0 Å². The molecule has 0 saturated heterocycles. The summed E-state index contributed by atoms with van der Waals surface area (Å²) < 4.78 is 0. The zero-order chi connectivity index (χ0) is 13.5. The SMILES string of the molecule is O=Cc1cc2ccccc2nc1N(CC1CC1)C1CC1. The first-order valence-corrected chi connectivity index (χ1v) is 7.47. The normalized spacial score (nSPS) is 18.2. The molecule has 0 bridgehead atoms. The van der Waals surface area contributed by atoms with Crippen LogP contribution in [0.1, 0.15) is 36.0 Å². The number of carbonyl (C=O) groups excluding carboxylic acids is 1. The second kappa shape index (κ2) is 4.58. The van der Waals surface area contributed by atoms with Crippen LogP contribution < -0.4 is 4.90 Å². The van der Waals surface area contributed by atoms with E-state index in [0.29, 0.717) is 6.04 Å². The van der Waals surface area contributed by atoms with Gasteiger partial charge in [-0.2, -0.15) is 0 Å². The van der Waals surface area contributed by atoms with Gasteiger partial charge in [0.1, 0.15) is 5.82 Å². The van der Waals surface area contributed by atoms with E-state index in [-0.39, 0.29) is 0 Å². The maximum atomic E-state index is 11.5. The van der Waals surface area contributed by atoms with Gasteiger partial charge in [0.25, 0.3) is 0 Å². The predicted molar refractivity (Wildman–Crippen MR) is 80.2 cm³/mol. The van der Waals surface area contributed by atoms with Crippen LogP contribution in [0.15, 0.2) is 30.3 Å². The number of aromatic nitrogens is 1. The molecule has 2 aromatic rings. The average Bonchev–Trinajstić information content (AvgIpc) is 3.37. The molecule has 0 aliphatic heterocycles. The van der Waals surface area contributed by atoms with Crippen LogP contribution in [0.25, 0.3) is 10.9 Å². The topological polar surface area (TPSA) is 33.2 Å². The first-order chi connectivity index (χ1) is 9.85. The van der Waals surface area contributed by atoms with Gasteiger partial charge in [0.2, 0.25) is 0 Å². The minimum absolute atomic E-state index is 0.600. The van der Waals surface area contributed by atoms with E-state index in [1.54, 1.807) is 0 Å². The predicted octanol–water partition coefficient (Wildman–Crippen LogP) is 3.43. The van der Waals surface area contributed by atoms with E-state index in [1.807, 2.05) is 30.3 Å². The highest BCUT2D eigenvalue weighted by molar-refractivity contribution is 5.91. The highest BCUT2D eigenvalue weighted by atomic mass is 16.1. The number of carbonyl (C=O) groups is 1. The lowest BCUT2D eigenvalue weighted by atomic mass is 10.1. The molecule has 0 spiro atoms. The van der Waals surface area contributed by atoms with Crippen LogP contribution >= 0.6 is 0 Å². The highest BCUT2D eigenvalue weighted by Crippen LogP contribution is 2.38. The van der Waals surface area contributed by atoms with Crippen LogP contribution in [0.4, 0.5) is 5.82 Å². The summed E-state index contributed by atoms with van der Waals surface area (Å²) in [6, 6.07) is 10.6. The van der Waals surface area contributed by atoms with Crippen LogP contribution in [-0.4, -0.2) is 23.9 Å². The van der Waals surface area contributed by atoms with Crippen molar-refractivity contribution in [2.75, 3.05) is 11.4 Å². The summed E-state index contributed by atoms with van der Waals surface area (Å²) in [4.78, 5) is 18.6. The van der Waals surface area contributed by atoms with E-state index < -0.39 is 0 Å². The molecule has 20 heavy (non-hydrogen) atoms. The van der Waals surface area contributed by atoms with Gasteiger partial charge in [-0.15, -0.1) is 0 Å². The summed E-state index contributed by atoms with van der Waals surface area (Å²) in [5.41, 5.74) is 1.71. The van der Waals surface area contributed by atoms with Crippen molar-refractivity contribution in [2.45, 2.75) is 31.7 Å². The molecule has 4 rings (SSSR count). The molecule has 1 heterocycles. The smallest absolute Gasteiger partial charge is 0.153 e. The van der Waals surface area contributed by atoms with Gasteiger partial charge in [-0.05, 0) is 43.7 Å². The van der Waals surface area contributed by atoms with Crippen molar-refractivity contribution in [3.05, 3.63) is 35.9 Å². The monoisotopic (exact) mass is 266 g/mol. The Morgan fingerprint density at radius 3 is 2.70 bits per heavy atom. The molecule has 0 radical (unpaired) electrons. The van der Waals surface area contributed by atoms with Gasteiger partial charge in [-0.25, -0.2) is 4.98 Å². The molecule has 2 aliphatic rings. The van der Waals surface area contributed by atoms with E-state index in [4.69, 9.17) is 4.98 Å². The van der Waals surface area contributed by atoms with Gasteiger partial charge < -0.3 is 4.90 Å². The third-order valence-electron chi connectivity index (χ3n) is 4.27. The summed E-state index contributed by atoms with van der Waals surface area (Å²) in [6.45, 7) is 1.07. The Labute approximate surface area is 118 Å². The Kier molecular flexibility index (Phi) is 2.72. The fraction of sp³-hybridized carbons (Fsp3) is 0.412. The number of pyridine rings is 1. The molecule has 102 valence electrons. The number of fused-ring (bicyclic) bond motifs is 1. The first-order valence-electron chi connectivity index (χ1n) is 7.47. The lowest BCUT2D eigenvalue weighted by Crippen LogP contribution is -2.30. The van der Waals surface area contributed by atoms with Gasteiger partial charge >= 0.3 is 0 Å². The number of para-hydroxylation sites is 1. The van der Waals surface area contributed by atoms with E-state index in [1.165, 1.54) is 25.7 Å². The molecule has 3 nitrogen and oxygen atoms in total. The fourth-order valence-electron chi connectivity index (χ4n) is 2.81. The third-order valence-corrected chi connectivity index (χ3v) is 4.27. The molecule has 2 saturated carbocycles.